The number of amides is 1. The van der Waals surface area contributed by atoms with Crippen LogP contribution in [-0.2, 0) is 11.2 Å². The second kappa shape index (κ2) is 7.36. The molecule has 0 heterocycles. The molecule has 0 unspecified atom stereocenters. The van der Waals surface area contributed by atoms with E-state index in [9.17, 15) is 4.79 Å². The number of rotatable bonds is 4. The molecule has 2 aromatic rings. The topological polar surface area (TPSA) is 41.5 Å². The molecule has 20 heavy (non-hydrogen) atoms. The van der Waals surface area contributed by atoms with E-state index in [1.807, 2.05) is 48.5 Å². The summed E-state index contributed by atoms with van der Waals surface area (Å²) in [6, 6.07) is 15.3. The summed E-state index contributed by atoms with van der Waals surface area (Å²) >= 11 is 6.74. The average molecular weight is 396 g/mol. The van der Waals surface area contributed by atoms with Crippen LogP contribution in [0.25, 0.3) is 0 Å². The SMILES string of the molecule is O=C(Cc1ccc(Br)cc1)NN=Cc1cccc(Br)c1. The predicted octanol–water partition coefficient (Wildman–Crippen LogP) is 3.90. The highest BCUT2D eigenvalue weighted by atomic mass is 79.9. The molecular weight excluding hydrogens is 384 g/mol. The van der Waals surface area contributed by atoms with Crippen LogP contribution in [0.2, 0.25) is 0 Å². The minimum absolute atomic E-state index is 0.140. The monoisotopic (exact) mass is 394 g/mol. The van der Waals surface area contributed by atoms with Crippen LogP contribution in [0.5, 0.6) is 0 Å². The predicted molar refractivity (Wildman–Crippen MR) is 87.7 cm³/mol. The summed E-state index contributed by atoms with van der Waals surface area (Å²) in [6.07, 6.45) is 1.92. The minimum atomic E-state index is -0.140. The summed E-state index contributed by atoms with van der Waals surface area (Å²) in [5, 5.41) is 3.94. The fraction of sp³-hybridized carbons (Fsp3) is 0.0667. The molecule has 0 aliphatic heterocycles. The lowest BCUT2D eigenvalue weighted by Crippen LogP contribution is -2.19. The summed E-state index contributed by atoms with van der Waals surface area (Å²) < 4.78 is 1.97. The van der Waals surface area contributed by atoms with E-state index >= 15 is 0 Å². The van der Waals surface area contributed by atoms with Crippen LogP contribution in [-0.4, -0.2) is 12.1 Å². The Morgan fingerprint density at radius 2 is 1.85 bits per heavy atom. The van der Waals surface area contributed by atoms with Crippen LogP contribution in [0, 0.1) is 0 Å². The first kappa shape index (κ1) is 14.9. The first-order valence-corrected chi connectivity index (χ1v) is 7.54. The van der Waals surface area contributed by atoms with E-state index in [1.54, 1.807) is 6.21 Å². The number of nitrogens with zero attached hydrogens (tertiary/aromatic N) is 1. The highest BCUT2D eigenvalue weighted by Crippen LogP contribution is 2.11. The lowest BCUT2D eigenvalue weighted by atomic mass is 10.1. The summed E-state index contributed by atoms with van der Waals surface area (Å²) in [4.78, 5) is 11.7. The molecule has 2 aromatic carbocycles. The van der Waals surface area contributed by atoms with Crippen molar-refractivity contribution in [3.63, 3.8) is 0 Å². The molecule has 0 aliphatic rings. The lowest BCUT2D eigenvalue weighted by molar-refractivity contribution is -0.120. The summed E-state index contributed by atoms with van der Waals surface area (Å²) in [6.45, 7) is 0. The molecule has 102 valence electrons. The lowest BCUT2D eigenvalue weighted by Gasteiger charge is -2.00. The van der Waals surface area contributed by atoms with Gasteiger partial charge in [0.15, 0.2) is 0 Å². The van der Waals surface area contributed by atoms with Crippen LogP contribution in [0.1, 0.15) is 11.1 Å². The molecule has 2 rings (SSSR count). The van der Waals surface area contributed by atoms with E-state index in [-0.39, 0.29) is 5.91 Å². The van der Waals surface area contributed by atoms with E-state index in [4.69, 9.17) is 0 Å². The van der Waals surface area contributed by atoms with Gasteiger partial charge in [0.1, 0.15) is 0 Å². The van der Waals surface area contributed by atoms with E-state index in [2.05, 4.69) is 42.4 Å². The third-order valence-corrected chi connectivity index (χ3v) is 3.55. The fourth-order valence-corrected chi connectivity index (χ4v) is 2.27. The Labute approximate surface area is 134 Å². The third-order valence-electron chi connectivity index (χ3n) is 2.53. The zero-order chi connectivity index (χ0) is 14.4. The summed E-state index contributed by atoms with van der Waals surface area (Å²) in [5.74, 6) is -0.140. The van der Waals surface area contributed by atoms with Crippen molar-refractivity contribution >= 4 is 44.0 Å². The van der Waals surface area contributed by atoms with Crippen LogP contribution in [0.4, 0.5) is 0 Å². The Morgan fingerprint density at radius 3 is 2.55 bits per heavy atom. The molecule has 0 radical (unpaired) electrons. The molecule has 0 bridgehead atoms. The largest absolute Gasteiger partial charge is 0.273 e. The molecule has 0 saturated heterocycles. The van der Waals surface area contributed by atoms with Crippen molar-refractivity contribution in [2.24, 2.45) is 5.10 Å². The third kappa shape index (κ3) is 4.90. The smallest absolute Gasteiger partial charge is 0.244 e. The highest BCUT2D eigenvalue weighted by Gasteiger charge is 2.01. The summed E-state index contributed by atoms with van der Waals surface area (Å²) in [7, 11) is 0. The van der Waals surface area contributed by atoms with Crippen LogP contribution in [0.15, 0.2) is 62.6 Å². The normalized spacial score (nSPS) is 10.7. The molecular formula is C15H12Br2N2O. The van der Waals surface area contributed by atoms with Gasteiger partial charge in [-0.05, 0) is 35.4 Å². The molecule has 0 saturated carbocycles. The van der Waals surface area contributed by atoms with Crippen molar-refractivity contribution in [3.05, 3.63) is 68.6 Å². The number of halogens is 2. The standard InChI is InChI=1S/C15H12Br2N2O/c16-13-6-4-11(5-7-13)9-15(20)19-18-10-12-2-1-3-14(17)8-12/h1-8,10H,9H2,(H,19,20). The van der Waals surface area contributed by atoms with Crippen molar-refractivity contribution in [1.82, 2.24) is 5.43 Å². The number of benzene rings is 2. The first-order valence-electron chi connectivity index (χ1n) is 5.95. The van der Waals surface area contributed by atoms with Gasteiger partial charge in [-0.15, -0.1) is 0 Å². The van der Waals surface area contributed by atoms with Gasteiger partial charge in [0, 0.05) is 8.95 Å². The van der Waals surface area contributed by atoms with Gasteiger partial charge in [0.25, 0.3) is 0 Å². The number of hydrogen-bond acceptors (Lipinski definition) is 2. The number of hydrazone groups is 1. The van der Waals surface area contributed by atoms with E-state index in [0.29, 0.717) is 6.42 Å². The van der Waals surface area contributed by atoms with Gasteiger partial charge in [0.2, 0.25) is 5.91 Å². The van der Waals surface area contributed by atoms with E-state index in [1.165, 1.54) is 0 Å². The molecule has 0 fully saturated rings. The van der Waals surface area contributed by atoms with Crippen LogP contribution < -0.4 is 5.43 Å². The number of nitrogens with one attached hydrogen (secondary N) is 1. The van der Waals surface area contributed by atoms with Gasteiger partial charge in [0.05, 0.1) is 12.6 Å². The maximum Gasteiger partial charge on any atom is 0.244 e. The van der Waals surface area contributed by atoms with Crippen molar-refractivity contribution in [1.29, 1.82) is 0 Å². The molecule has 1 N–H and O–H groups in total. The summed E-state index contributed by atoms with van der Waals surface area (Å²) in [5.41, 5.74) is 4.38. The van der Waals surface area contributed by atoms with Crippen LogP contribution >= 0.6 is 31.9 Å². The minimum Gasteiger partial charge on any atom is -0.273 e. The molecule has 0 atom stereocenters. The number of carbonyl (C=O) groups is 1. The second-order valence-corrected chi connectivity index (χ2v) is 5.98. The molecule has 0 aromatic heterocycles. The van der Waals surface area contributed by atoms with Gasteiger partial charge in [-0.1, -0.05) is 56.1 Å². The van der Waals surface area contributed by atoms with E-state index < -0.39 is 0 Å². The zero-order valence-corrected chi connectivity index (χ0v) is 13.7. The maximum atomic E-state index is 11.7. The number of carbonyl (C=O) groups excluding carboxylic acids is 1. The van der Waals surface area contributed by atoms with Gasteiger partial charge in [-0.3, -0.25) is 4.79 Å². The Balaban J connectivity index is 1.87. The second-order valence-electron chi connectivity index (χ2n) is 4.15. The first-order chi connectivity index (χ1) is 9.63. The van der Waals surface area contributed by atoms with Gasteiger partial charge in [-0.2, -0.15) is 5.10 Å². The van der Waals surface area contributed by atoms with Crippen LogP contribution in [0.3, 0.4) is 0 Å². The Kier molecular flexibility index (Phi) is 5.49. The van der Waals surface area contributed by atoms with Gasteiger partial charge < -0.3 is 0 Å². The van der Waals surface area contributed by atoms with Crippen molar-refractivity contribution in [3.8, 4) is 0 Å². The van der Waals surface area contributed by atoms with Crippen molar-refractivity contribution in [2.45, 2.75) is 6.42 Å². The Bertz CT molecular complexity index is 624. The van der Waals surface area contributed by atoms with E-state index in [0.717, 1.165) is 20.1 Å². The maximum absolute atomic E-state index is 11.7. The van der Waals surface area contributed by atoms with Gasteiger partial charge >= 0.3 is 0 Å². The Hall–Kier alpha value is -1.46. The molecule has 0 aliphatic carbocycles. The quantitative estimate of drug-likeness (QED) is 0.618. The fourth-order valence-electron chi connectivity index (χ4n) is 1.59. The molecule has 0 spiro atoms. The molecule has 3 nitrogen and oxygen atoms in total. The van der Waals surface area contributed by atoms with Crippen molar-refractivity contribution < 1.29 is 4.79 Å². The molecule has 5 heteroatoms. The highest BCUT2D eigenvalue weighted by molar-refractivity contribution is 9.10. The number of hydrogen-bond donors (Lipinski definition) is 1. The van der Waals surface area contributed by atoms with Crippen molar-refractivity contribution in [2.75, 3.05) is 0 Å². The Morgan fingerprint density at radius 1 is 1.10 bits per heavy atom. The van der Waals surface area contributed by atoms with Gasteiger partial charge in [-0.25, -0.2) is 5.43 Å². The zero-order valence-electron chi connectivity index (χ0n) is 10.5. The average Bonchev–Trinajstić information content (AvgIpc) is 2.41. The molecule has 1 amide bonds.